The molecular formula is C16H19N. The standard InChI is InChI=1S/C16H19N/c1-14(12-15-8-4-2-5-9-15)17-13-16-10-6-3-7-11-16/h2-11,14,17H,12-13H2,1H3. The van der Waals surface area contributed by atoms with Crippen molar-refractivity contribution in [3.05, 3.63) is 71.8 Å². The Kier molecular flexibility index (Phi) is 4.34. The first-order valence-corrected chi connectivity index (χ1v) is 6.16. The van der Waals surface area contributed by atoms with Crippen LogP contribution in [0, 0.1) is 0 Å². The predicted octanol–water partition coefficient (Wildman–Crippen LogP) is 3.41. The third-order valence-corrected chi connectivity index (χ3v) is 2.88. The quantitative estimate of drug-likeness (QED) is 0.822. The SMILES string of the molecule is CC(Cc1ccccc1)NCc1ccccc1. The molecule has 0 aliphatic carbocycles. The van der Waals surface area contributed by atoms with E-state index in [4.69, 9.17) is 0 Å². The van der Waals surface area contributed by atoms with Crippen LogP contribution in [-0.4, -0.2) is 6.04 Å². The van der Waals surface area contributed by atoms with E-state index in [1.807, 2.05) is 0 Å². The van der Waals surface area contributed by atoms with Crippen molar-refractivity contribution >= 4 is 0 Å². The molecule has 1 heteroatoms. The number of hydrogen-bond acceptors (Lipinski definition) is 1. The molecule has 2 aromatic rings. The van der Waals surface area contributed by atoms with Crippen molar-refractivity contribution in [2.45, 2.75) is 25.9 Å². The van der Waals surface area contributed by atoms with E-state index >= 15 is 0 Å². The van der Waals surface area contributed by atoms with Gasteiger partial charge < -0.3 is 5.32 Å². The minimum atomic E-state index is 0.498. The normalized spacial score (nSPS) is 12.3. The molecule has 0 radical (unpaired) electrons. The molecule has 2 aromatic carbocycles. The Morgan fingerprint density at radius 2 is 1.35 bits per heavy atom. The van der Waals surface area contributed by atoms with Gasteiger partial charge in [0.1, 0.15) is 0 Å². The van der Waals surface area contributed by atoms with Gasteiger partial charge >= 0.3 is 0 Å². The van der Waals surface area contributed by atoms with Gasteiger partial charge in [-0.25, -0.2) is 0 Å². The van der Waals surface area contributed by atoms with Crippen LogP contribution in [0.2, 0.25) is 0 Å². The molecule has 0 saturated carbocycles. The molecule has 2 rings (SSSR count). The maximum atomic E-state index is 3.55. The molecule has 0 bridgehead atoms. The Labute approximate surface area is 103 Å². The lowest BCUT2D eigenvalue weighted by Gasteiger charge is -2.13. The Bertz CT molecular complexity index is 422. The van der Waals surface area contributed by atoms with E-state index in [-0.39, 0.29) is 0 Å². The summed E-state index contributed by atoms with van der Waals surface area (Å²) in [4.78, 5) is 0. The molecule has 0 saturated heterocycles. The van der Waals surface area contributed by atoms with Gasteiger partial charge in [0.25, 0.3) is 0 Å². The highest BCUT2D eigenvalue weighted by molar-refractivity contribution is 5.16. The highest BCUT2D eigenvalue weighted by atomic mass is 14.9. The Hall–Kier alpha value is -1.60. The van der Waals surface area contributed by atoms with E-state index in [1.165, 1.54) is 11.1 Å². The Balaban J connectivity index is 1.80. The zero-order chi connectivity index (χ0) is 11.9. The monoisotopic (exact) mass is 225 g/mol. The van der Waals surface area contributed by atoms with Gasteiger partial charge in [-0.3, -0.25) is 0 Å². The Morgan fingerprint density at radius 3 is 1.94 bits per heavy atom. The van der Waals surface area contributed by atoms with E-state index in [0.29, 0.717) is 6.04 Å². The van der Waals surface area contributed by atoms with Gasteiger partial charge in [-0.1, -0.05) is 60.7 Å². The van der Waals surface area contributed by atoms with Crippen LogP contribution in [0.25, 0.3) is 0 Å². The van der Waals surface area contributed by atoms with Crippen molar-refractivity contribution in [3.63, 3.8) is 0 Å². The highest BCUT2D eigenvalue weighted by Crippen LogP contribution is 2.04. The van der Waals surface area contributed by atoms with E-state index in [0.717, 1.165) is 13.0 Å². The summed E-state index contributed by atoms with van der Waals surface area (Å²) in [6.45, 7) is 3.17. The molecule has 88 valence electrons. The van der Waals surface area contributed by atoms with Gasteiger partial charge in [0.05, 0.1) is 0 Å². The van der Waals surface area contributed by atoms with Gasteiger partial charge in [-0.05, 0) is 24.5 Å². The van der Waals surface area contributed by atoms with Gasteiger partial charge in [0.2, 0.25) is 0 Å². The minimum absolute atomic E-state index is 0.498. The van der Waals surface area contributed by atoms with Gasteiger partial charge in [-0.15, -0.1) is 0 Å². The molecule has 1 nitrogen and oxygen atoms in total. The lowest BCUT2D eigenvalue weighted by Crippen LogP contribution is -2.27. The maximum Gasteiger partial charge on any atom is 0.0208 e. The summed E-state index contributed by atoms with van der Waals surface area (Å²) >= 11 is 0. The lowest BCUT2D eigenvalue weighted by molar-refractivity contribution is 0.545. The van der Waals surface area contributed by atoms with Crippen molar-refractivity contribution in [1.29, 1.82) is 0 Å². The summed E-state index contributed by atoms with van der Waals surface area (Å²) in [7, 11) is 0. The average Bonchev–Trinajstić information content (AvgIpc) is 2.39. The zero-order valence-corrected chi connectivity index (χ0v) is 10.3. The first-order chi connectivity index (χ1) is 8.34. The fourth-order valence-electron chi connectivity index (χ4n) is 1.93. The van der Waals surface area contributed by atoms with Crippen LogP contribution in [0.4, 0.5) is 0 Å². The van der Waals surface area contributed by atoms with E-state index in [9.17, 15) is 0 Å². The molecule has 0 aromatic heterocycles. The van der Waals surface area contributed by atoms with Crippen LogP contribution >= 0.6 is 0 Å². The second kappa shape index (κ2) is 6.21. The van der Waals surface area contributed by atoms with Crippen LogP contribution in [0.3, 0.4) is 0 Å². The third kappa shape index (κ3) is 4.04. The number of hydrogen-bond donors (Lipinski definition) is 1. The fraction of sp³-hybridized carbons (Fsp3) is 0.250. The molecular weight excluding hydrogens is 206 g/mol. The molecule has 1 unspecified atom stereocenters. The summed E-state index contributed by atoms with van der Waals surface area (Å²) in [5.41, 5.74) is 2.73. The van der Waals surface area contributed by atoms with Crippen LogP contribution in [0.15, 0.2) is 60.7 Å². The first kappa shape index (κ1) is 11.9. The number of benzene rings is 2. The van der Waals surface area contributed by atoms with Crippen molar-refractivity contribution in [1.82, 2.24) is 5.32 Å². The molecule has 0 heterocycles. The minimum Gasteiger partial charge on any atom is -0.310 e. The van der Waals surface area contributed by atoms with E-state index < -0.39 is 0 Å². The smallest absolute Gasteiger partial charge is 0.0208 e. The van der Waals surface area contributed by atoms with Crippen LogP contribution in [0.1, 0.15) is 18.1 Å². The summed E-state index contributed by atoms with van der Waals surface area (Å²) in [5, 5.41) is 3.55. The van der Waals surface area contributed by atoms with Crippen LogP contribution in [0.5, 0.6) is 0 Å². The fourth-order valence-corrected chi connectivity index (χ4v) is 1.93. The maximum absolute atomic E-state index is 3.55. The van der Waals surface area contributed by atoms with Crippen molar-refractivity contribution in [3.8, 4) is 0 Å². The first-order valence-electron chi connectivity index (χ1n) is 6.16. The number of nitrogens with one attached hydrogen (secondary N) is 1. The van der Waals surface area contributed by atoms with E-state index in [1.54, 1.807) is 0 Å². The van der Waals surface area contributed by atoms with Crippen LogP contribution in [-0.2, 0) is 13.0 Å². The summed E-state index contributed by atoms with van der Waals surface area (Å²) in [6, 6.07) is 21.6. The van der Waals surface area contributed by atoms with Crippen molar-refractivity contribution < 1.29 is 0 Å². The van der Waals surface area contributed by atoms with Crippen molar-refractivity contribution in [2.75, 3.05) is 0 Å². The Morgan fingerprint density at radius 1 is 0.824 bits per heavy atom. The molecule has 0 fully saturated rings. The molecule has 0 spiro atoms. The lowest BCUT2D eigenvalue weighted by atomic mass is 10.1. The van der Waals surface area contributed by atoms with Gasteiger partial charge in [0.15, 0.2) is 0 Å². The molecule has 0 amide bonds. The van der Waals surface area contributed by atoms with E-state index in [2.05, 4.69) is 72.9 Å². The molecule has 17 heavy (non-hydrogen) atoms. The predicted molar refractivity (Wildman–Crippen MR) is 72.9 cm³/mol. The van der Waals surface area contributed by atoms with Crippen LogP contribution < -0.4 is 5.32 Å². The average molecular weight is 225 g/mol. The molecule has 0 aliphatic heterocycles. The van der Waals surface area contributed by atoms with Crippen molar-refractivity contribution in [2.24, 2.45) is 0 Å². The highest BCUT2D eigenvalue weighted by Gasteiger charge is 2.02. The summed E-state index contributed by atoms with van der Waals surface area (Å²) < 4.78 is 0. The van der Waals surface area contributed by atoms with Gasteiger partial charge in [-0.2, -0.15) is 0 Å². The zero-order valence-electron chi connectivity index (χ0n) is 10.3. The summed E-state index contributed by atoms with van der Waals surface area (Å²) in [5.74, 6) is 0. The largest absolute Gasteiger partial charge is 0.310 e. The molecule has 0 aliphatic rings. The topological polar surface area (TPSA) is 12.0 Å². The second-order valence-electron chi connectivity index (χ2n) is 4.46. The summed E-state index contributed by atoms with van der Waals surface area (Å²) in [6.07, 6.45) is 1.08. The second-order valence-corrected chi connectivity index (χ2v) is 4.46. The molecule has 1 atom stereocenters. The third-order valence-electron chi connectivity index (χ3n) is 2.88. The molecule has 1 N–H and O–H groups in total. The van der Waals surface area contributed by atoms with Gasteiger partial charge in [0, 0.05) is 12.6 Å². The number of rotatable bonds is 5.